The molecular weight excluding hydrogens is 349 g/mol. The first-order valence-electron chi connectivity index (χ1n) is 7.19. The molecule has 7 heteroatoms. The average molecular weight is 362 g/mol. The van der Waals surface area contributed by atoms with Gasteiger partial charge >= 0.3 is 5.69 Å². The van der Waals surface area contributed by atoms with Gasteiger partial charge in [0.2, 0.25) is 0 Å². The predicted octanol–water partition coefficient (Wildman–Crippen LogP) is 2.81. The first kappa shape index (κ1) is 16.5. The van der Waals surface area contributed by atoms with E-state index in [0.717, 1.165) is 21.9 Å². The van der Waals surface area contributed by atoms with E-state index in [1.165, 1.54) is 4.68 Å². The van der Waals surface area contributed by atoms with Crippen LogP contribution >= 0.6 is 23.2 Å². The minimum absolute atomic E-state index is 0.165. The van der Waals surface area contributed by atoms with E-state index in [4.69, 9.17) is 23.2 Å². The molecule has 0 bridgehead atoms. The van der Waals surface area contributed by atoms with Crippen molar-refractivity contribution < 1.29 is 0 Å². The highest BCUT2D eigenvalue weighted by Crippen LogP contribution is 2.10. The maximum absolute atomic E-state index is 12.5. The number of halogens is 2. The maximum atomic E-state index is 12.5. The molecule has 0 fully saturated rings. The molecule has 0 spiro atoms. The number of aromatic nitrogens is 3. The molecule has 0 atom stereocenters. The highest BCUT2D eigenvalue weighted by Gasteiger charge is 2.08. The lowest BCUT2D eigenvalue weighted by atomic mass is 10.2. The largest absolute Gasteiger partial charge is 0.348 e. The van der Waals surface area contributed by atoms with Crippen molar-refractivity contribution in [1.29, 1.82) is 0 Å². The first-order valence-corrected chi connectivity index (χ1v) is 7.94. The zero-order valence-electron chi connectivity index (χ0n) is 12.5. The molecule has 0 aliphatic heterocycles. The molecule has 2 aromatic carbocycles. The Morgan fingerprint density at radius 3 is 1.83 bits per heavy atom. The lowest BCUT2D eigenvalue weighted by Gasteiger charge is -2.09. The van der Waals surface area contributed by atoms with Gasteiger partial charge in [0, 0.05) is 10.0 Å². The molecule has 0 radical (unpaired) electrons. The maximum Gasteiger partial charge on any atom is 0.348 e. The van der Waals surface area contributed by atoms with E-state index in [9.17, 15) is 9.59 Å². The summed E-state index contributed by atoms with van der Waals surface area (Å²) in [5, 5.41) is 5.14. The van der Waals surface area contributed by atoms with Gasteiger partial charge in [-0.2, -0.15) is 5.10 Å². The summed E-state index contributed by atoms with van der Waals surface area (Å²) >= 11 is 11.7. The Bertz CT molecular complexity index is 961. The van der Waals surface area contributed by atoms with E-state index < -0.39 is 11.2 Å². The van der Waals surface area contributed by atoms with Crippen LogP contribution in [0.4, 0.5) is 0 Å². The van der Waals surface area contributed by atoms with E-state index in [1.807, 2.05) is 12.1 Å². The van der Waals surface area contributed by atoms with Gasteiger partial charge in [-0.1, -0.05) is 47.5 Å². The van der Waals surface area contributed by atoms with Crippen molar-refractivity contribution in [3.8, 4) is 0 Å². The fourth-order valence-electron chi connectivity index (χ4n) is 2.26. The number of nitrogens with zero attached hydrogens (tertiary/aromatic N) is 3. The van der Waals surface area contributed by atoms with Crippen LogP contribution in [0.25, 0.3) is 0 Å². The summed E-state index contributed by atoms with van der Waals surface area (Å²) in [5.74, 6) is 0. The number of hydrogen-bond donors (Lipinski definition) is 0. The molecule has 1 heterocycles. The first-order chi connectivity index (χ1) is 11.5. The van der Waals surface area contributed by atoms with Gasteiger partial charge in [-0.3, -0.25) is 9.36 Å². The molecule has 0 amide bonds. The summed E-state index contributed by atoms with van der Waals surface area (Å²) in [6.07, 6.45) is 1.15. The van der Waals surface area contributed by atoms with E-state index >= 15 is 0 Å². The van der Waals surface area contributed by atoms with Crippen LogP contribution in [-0.4, -0.2) is 14.3 Å². The summed E-state index contributed by atoms with van der Waals surface area (Å²) < 4.78 is 2.40. The third-order valence-corrected chi connectivity index (χ3v) is 4.03. The molecule has 24 heavy (non-hydrogen) atoms. The van der Waals surface area contributed by atoms with Crippen molar-refractivity contribution in [2.45, 2.75) is 13.1 Å². The van der Waals surface area contributed by atoms with Gasteiger partial charge in [0.1, 0.15) is 6.20 Å². The van der Waals surface area contributed by atoms with Crippen LogP contribution in [0.1, 0.15) is 11.1 Å². The molecule has 5 nitrogen and oxygen atoms in total. The summed E-state index contributed by atoms with van der Waals surface area (Å²) in [5.41, 5.74) is 0.767. The van der Waals surface area contributed by atoms with Gasteiger partial charge in [0.05, 0.1) is 13.1 Å². The van der Waals surface area contributed by atoms with Gasteiger partial charge < -0.3 is 0 Å². The highest BCUT2D eigenvalue weighted by molar-refractivity contribution is 6.30. The Hall–Kier alpha value is -2.37. The molecular formula is C17H13Cl2N3O2. The lowest BCUT2D eigenvalue weighted by Crippen LogP contribution is -2.41. The molecule has 0 unspecified atom stereocenters. The minimum atomic E-state index is -0.465. The Balaban J connectivity index is 1.92. The predicted molar refractivity (Wildman–Crippen MR) is 93.9 cm³/mol. The van der Waals surface area contributed by atoms with Crippen molar-refractivity contribution in [3.63, 3.8) is 0 Å². The van der Waals surface area contributed by atoms with Crippen LogP contribution in [0.2, 0.25) is 10.0 Å². The van der Waals surface area contributed by atoms with E-state index in [0.29, 0.717) is 10.0 Å². The minimum Gasteiger partial charge on any atom is -0.267 e. The number of rotatable bonds is 4. The normalized spacial score (nSPS) is 10.8. The van der Waals surface area contributed by atoms with Crippen LogP contribution in [-0.2, 0) is 13.1 Å². The third-order valence-electron chi connectivity index (χ3n) is 3.52. The van der Waals surface area contributed by atoms with Gasteiger partial charge in [0.25, 0.3) is 5.56 Å². The van der Waals surface area contributed by atoms with Crippen LogP contribution in [0.3, 0.4) is 0 Å². The van der Waals surface area contributed by atoms with Crippen LogP contribution in [0, 0.1) is 0 Å². The van der Waals surface area contributed by atoms with E-state index in [-0.39, 0.29) is 13.1 Å². The Labute approximate surface area is 147 Å². The molecule has 1 aromatic heterocycles. The molecule has 122 valence electrons. The number of benzene rings is 2. The van der Waals surface area contributed by atoms with Crippen LogP contribution in [0.5, 0.6) is 0 Å². The zero-order valence-corrected chi connectivity index (χ0v) is 14.0. The van der Waals surface area contributed by atoms with Crippen LogP contribution in [0.15, 0.2) is 64.3 Å². The second kappa shape index (κ2) is 7.03. The molecule has 0 saturated carbocycles. The van der Waals surface area contributed by atoms with Gasteiger partial charge in [-0.25, -0.2) is 9.48 Å². The topological polar surface area (TPSA) is 56.9 Å². The summed E-state index contributed by atoms with van der Waals surface area (Å²) in [4.78, 5) is 24.5. The van der Waals surface area contributed by atoms with Gasteiger partial charge in [-0.05, 0) is 35.4 Å². The summed E-state index contributed by atoms with van der Waals surface area (Å²) in [7, 11) is 0. The molecule has 3 aromatic rings. The average Bonchev–Trinajstić information content (AvgIpc) is 2.58. The zero-order chi connectivity index (χ0) is 17.1. The second-order valence-electron chi connectivity index (χ2n) is 5.26. The molecule has 0 aliphatic carbocycles. The highest BCUT2D eigenvalue weighted by atomic mass is 35.5. The van der Waals surface area contributed by atoms with Crippen molar-refractivity contribution in [2.24, 2.45) is 0 Å². The molecule has 0 saturated heterocycles. The van der Waals surface area contributed by atoms with Crippen molar-refractivity contribution in [2.75, 3.05) is 0 Å². The second-order valence-corrected chi connectivity index (χ2v) is 6.13. The quantitative estimate of drug-likeness (QED) is 0.717. The summed E-state index contributed by atoms with van der Waals surface area (Å²) in [6, 6.07) is 14.1. The third kappa shape index (κ3) is 3.75. The van der Waals surface area contributed by atoms with E-state index in [2.05, 4.69) is 5.10 Å². The van der Waals surface area contributed by atoms with Crippen molar-refractivity contribution >= 4 is 23.2 Å². The smallest absolute Gasteiger partial charge is 0.267 e. The fourth-order valence-corrected chi connectivity index (χ4v) is 2.51. The Kier molecular flexibility index (Phi) is 4.83. The molecule has 0 aliphatic rings. The van der Waals surface area contributed by atoms with Crippen LogP contribution < -0.4 is 11.2 Å². The Morgan fingerprint density at radius 1 is 0.792 bits per heavy atom. The SMILES string of the molecule is O=c1cnn(Cc2ccc(Cl)cc2)c(=O)n1Cc1ccc(Cl)cc1. The lowest BCUT2D eigenvalue weighted by molar-refractivity contribution is 0.541. The van der Waals surface area contributed by atoms with Gasteiger partial charge in [0.15, 0.2) is 0 Å². The van der Waals surface area contributed by atoms with Crippen molar-refractivity contribution in [3.05, 3.63) is 96.7 Å². The standard InChI is InChI=1S/C17H13Cl2N3O2/c18-14-5-1-12(2-6-14)10-21-16(23)9-20-22(17(21)24)11-13-3-7-15(19)8-4-13/h1-9H,10-11H2. The van der Waals surface area contributed by atoms with Gasteiger partial charge in [-0.15, -0.1) is 0 Å². The van der Waals surface area contributed by atoms with Crippen molar-refractivity contribution in [1.82, 2.24) is 14.3 Å². The Morgan fingerprint density at radius 2 is 1.29 bits per heavy atom. The molecule has 3 rings (SSSR count). The monoisotopic (exact) mass is 361 g/mol. The van der Waals surface area contributed by atoms with E-state index in [1.54, 1.807) is 36.4 Å². The molecule has 0 N–H and O–H groups in total. The number of hydrogen-bond acceptors (Lipinski definition) is 3. The summed E-state index contributed by atoms with van der Waals surface area (Å²) in [6.45, 7) is 0.425. The fraction of sp³-hybridized carbons (Fsp3) is 0.118.